The summed E-state index contributed by atoms with van der Waals surface area (Å²) in [6, 6.07) is -1.47. The molecule has 0 spiro atoms. The van der Waals surface area contributed by atoms with Crippen molar-refractivity contribution in [2.75, 3.05) is 0 Å². The zero-order chi connectivity index (χ0) is 9.14. The quantitative estimate of drug-likeness (QED) is 0.618. The number of ketones is 1. The number of amides is 2. The molecule has 0 fully saturated rings. The van der Waals surface area contributed by atoms with Crippen molar-refractivity contribution in [1.29, 1.82) is 0 Å². The monoisotopic (exact) mass is 186 g/mol. The van der Waals surface area contributed by atoms with Gasteiger partial charge in [0.1, 0.15) is 6.04 Å². The highest BCUT2D eigenvalue weighted by molar-refractivity contribution is 6.32. The summed E-state index contributed by atoms with van der Waals surface area (Å²) in [4.78, 5) is 21.4. The van der Waals surface area contributed by atoms with Gasteiger partial charge < -0.3 is 11.1 Å². The molecule has 0 aromatic heterocycles. The predicted octanol–water partition coefficient (Wildman–Crippen LogP) is 0.285. The Balaban J connectivity index is 2.71. The van der Waals surface area contributed by atoms with E-state index in [0.717, 1.165) is 0 Å². The molecule has 0 aliphatic heterocycles. The van der Waals surface area contributed by atoms with Crippen LogP contribution in [0.2, 0.25) is 0 Å². The average Bonchev–Trinajstić information content (AvgIpc) is 1.96. The van der Waals surface area contributed by atoms with Crippen molar-refractivity contribution in [1.82, 2.24) is 5.32 Å². The highest BCUT2D eigenvalue weighted by Gasteiger charge is 2.17. The van der Waals surface area contributed by atoms with E-state index in [0.29, 0.717) is 5.03 Å². The first-order valence-corrected chi connectivity index (χ1v) is 3.62. The molecule has 0 bridgehead atoms. The fourth-order valence-corrected chi connectivity index (χ4v) is 1.02. The average molecular weight is 187 g/mol. The van der Waals surface area contributed by atoms with Crippen LogP contribution in [-0.4, -0.2) is 17.9 Å². The standard InChI is InChI=1S/C7H7ClN2O2/c8-4-1-2-6(11)5(3-4)10-7(9)12/h1-3,5H,(H3,9,10,12). The van der Waals surface area contributed by atoms with E-state index >= 15 is 0 Å². The summed E-state index contributed by atoms with van der Waals surface area (Å²) in [5, 5.41) is 2.65. The number of urea groups is 1. The number of carbonyl (C=O) groups is 2. The minimum absolute atomic E-state index is 0.238. The maximum Gasteiger partial charge on any atom is 0.313 e. The van der Waals surface area contributed by atoms with Crippen LogP contribution in [0.3, 0.4) is 0 Å². The highest BCUT2D eigenvalue weighted by Crippen LogP contribution is 2.11. The summed E-state index contributed by atoms with van der Waals surface area (Å²) < 4.78 is 0. The number of hydrogen-bond donors (Lipinski definition) is 2. The molecule has 4 nitrogen and oxygen atoms in total. The van der Waals surface area contributed by atoms with Crippen molar-refractivity contribution < 1.29 is 9.59 Å². The maximum absolute atomic E-state index is 11.0. The number of nitrogens with one attached hydrogen (secondary N) is 1. The lowest BCUT2D eigenvalue weighted by molar-refractivity contribution is -0.115. The summed E-state index contributed by atoms with van der Waals surface area (Å²) in [7, 11) is 0. The van der Waals surface area contributed by atoms with Gasteiger partial charge in [-0.2, -0.15) is 0 Å². The first-order valence-electron chi connectivity index (χ1n) is 3.25. The second kappa shape index (κ2) is 3.40. The van der Waals surface area contributed by atoms with Crippen LogP contribution in [0.25, 0.3) is 0 Å². The molecule has 1 rings (SSSR count). The second-order valence-corrected chi connectivity index (χ2v) is 2.71. The molecule has 5 heteroatoms. The van der Waals surface area contributed by atoms with Crippen LogP contribution in [0, 0.1) is 0 Å². The fourth-order valence-electron chi connectivity index (χ4n) is 0.828. The van der Waals surface area contributed by atoms with Gasteiger partial charge in [-0.05, 0) is 18.2 Å². The molecular formula is C7H7ClN2O2. The minimum atomic E-state index is -0.746. The number of nitrogens with two attached hydrogens (primary N) is 1. The van der Waals surface area contributed by atoms with Crippen molar-refractivity contribution in [2.45, 2.75) is 6.04 Å². The topological polar surface area (TPSA) is 72.2 Å². The zero-order valence-electron chi connectivity index (χ0n) is 6.08. The third-order valence-electron chi connectivity index (χ3n) is 1.34. The number of halogens is 1. The van der Waals surface area contributed by atoms with Crippen LogP contribution in [0.4, 0.5) is 4.79 Å². The first-order chi connectivity index (χ1) is 5.59. The van der Waals surface area contributed by atoms with Crippen LogP contribution < -0.4 is 11.1 Å². The third-order valence-corrected chi connectivity index (χ3v) is 1.59. The van der Waals surface area contributed by atoms with Gasteiger partial charge in [0.2, 0.25) is 0 Å². The van der Waals surface area contributed by atoms with Crippen LogP contribution in [0.5, 0.6) is 0 Å². The smallest absolute Gasteiger partial charge is 0.313 e. The van der Waals surface area contributed by atoms with Gasteiger partial charge in [-0.3, -0.25) is 4.79 Å². The van der Waals surface area contributed by atoms with Crippen molar-refractivity contribution in [3.63, 3.8) is 0 Å². The molecule has 1 aliphatic rings. The van der Waals surface area contributed by atoms with Crippen molar-refractivity contribution in [3.8, 4) is 0 Å². The van der Waals surface area contributed by atoms with E-state index in [1.807, 2.05) is 0 Å². The Bertz CT molecular complexity index is 283. The normalized spacial score (nSPS) is 21.9. The van der Waals surface area contributed by atoms with Crippen molar-refractivity contribution >= 4 is 23.4 Å². The van der Waals surface area contributed by atoms with Gasteiger partial charge in [0.25, 0.3) is 0 Å². The van der Waals surface area contributed by atoms with E-state index in [9.17, 15) is 9.59 Å². The van der Waals surface area contributed by atoms with Crippen molar-refractivity contribution in [2.24, 2.45) is 5.73 Å². The third kappa shape index (κ3) is 2.10. The van der Waals surface area contributed by atoms with E-state index in [1.165, 1.54) is 18.2 Å². The molecule has 0 heterocycles. The number of hydrogen-bond acceptors (Lipinski definition) is 2. The largest absolute Gasteiger partial charge is 0.352 e. The van der Waals surface area contributed by atoms with Gasteiger partial charge in [-0.15, -0.1) is 0 Å². The summed E-state index contributed by atoms with van der Waals surface area (Å²) >= 11 is 5.59. The molecule has 0 saturated carbocycles. The zero-order valence-corrected chi connectivity index (χ0v) is 6.84. The Morgan fingerprint density at radius 3 is 2.83 bits per heavy atom. The van der Waals surface area contributed by atoms with Gasteiger partial charge in [-0.1, -0.05) is 11.6 Å². The van der Waals surface area contributed by atoms with Gasteiger partial charge in [-0.25, -0.2) is 4.79 Å². The molecule has 2 amide bonds. The number of allylic oxidation sites excluding steroid dienone is 2. The van der Waals surface area contributed by atoms with E-state index in [2.05, 4.69) is 5.32 Å². The number of primary amides is 1. The van der Waals surface area contributed by atoms with Gasteiger partial charge in [0.05, 0.1) is 0 Å². The lowest BCUT2D eigenvalue weighted by Gasteiger charge is -2.12. The Morgan fingerprint density at radius 1 is 1.58 bits per heavy atom. The predicted molar refractivity (Wildman–Crippen MR) is 44.6 cm³/mol. The van der Waals surface area contributed by atoms with E-state index < -0.39 is 12.1 Å². The fraction of sp³-hybridized carbons (Fsp3) is 0.143. The Hall–Kier alpha value is -1.29. The summed E-state index contributed by atoms with van der Waals surface area (Å²) in [6.45, 7) is 0. The van der Waals surface area contributed by atoms with E-state index in [1.54, 1.807) is 0 Å². The van der Waals surface area contributed by atoms with Crippen LogP contribution >= 0.6 is 11.6 Å². The van der Waals surface area contributed by atoms with Crippen LogP contribution in [0.1, 0.15) is 0 Å². The molecule has 0 aromatic rings. The van der Waals surface area contributed by atoms with E-state index in [4.69, 9.17) is 17.3 Å². The second-order valence-electron chi connectivity index (χ2n) is 2.27. The van der Waals surface area contributed by atoms with Crippen LogP contribution in [-0.2, 0) is 4.79 Å². The first kappa shape index (κ1) is 8.80. The van der Waals surface area contributed by atoms with Crippen LogP contribution in [0.15, 0.2) is 23.3 Å². The molecule has 1 aliphatic carbocycles. The molecule has 12 heavy (non-hydrogen) atoms. The molecule has 0 aromatic carbocycles. The maximum atomic E-state index is 11.0. The molecule has 1 unspecified atom stereocenters. The summed E-state index contributed by atoms with van der Waals surface area (Å²) in [6.07, 6.45) is 4.18. The number of rotatable bonds is 1. The Labute approximate surface area is 74.1 Å². The minimum Gasteiger partial charge on any atom is -0.352 e. The molecule has 0 saturated heterocycles. The van der Waals surface area contributed by atoms with Crippen molar-refractivity contribution in [3.05, 3.63) is 23.3 Å². The lowest BCUT2D eigenvalue weighted by Crippen LogP contribution is -2.42. The summed E-state index contributed by atoms with van der Waals surface area (Å²) in [5.41, 5.74) is 4.83. The lowest BCUT2D eigenvalue weighted by atomic mass is 10.1. The number of carbonyl (C=O) groups excluding carboxylic acids is 2. The van der Waals surface area contributed by atoms with Gasteiger partial charge >= 0.3 is 6.03 Å². The van der Waals surface area contributed by atoms with E-state index in [-0.39, 0.29) is 5.78 Å². The highest BCUT2D eigenvalue weighted by atomic mass is 35.5. The van der Waals surface area contributed by atoms with Gasteiger partial charge in [0, 0.05) is 5.03 Å². The Kier molecular flexibility index (Phi) is 2.50. The molecule has 3 N–H and O–H groups in total. The molecule has 0 radical (unpaired) electrons. The Morgan fingerprint density at radius 2 is 2.25 bits per heavy atom. The molecule has 64 valence electrons. The SMILES string of the molecule is NC(=O)NC1C=C(Cl)C=CC1=O. The van der Waals surface area contributed by atoms with Gasteiger partial charge in [0.15, 0.2) is 5.78 Å². The molecular weight excluding hydrogens is 180 g/mol. The molecule has 1 atom stereocenters. The summed E-state index contributed by atoms with van der Waals surface area (Å²) in [5.74, 6) is -0.238.